The second-order valence-corrected chi connectivity index (χ2v) is 6.40. The number of halogens is 2. The average molecular weight is 296 g/mol. The molecule has 0 bridgehead atoms. The monoisotopic (exact) mass is 295 g/mol. The molecule has 1 aromatic carbocycles. The molecule has 0 unspecified atom stereocenters. The van der Waals surface area contributed by atoms with E-state index < -0.39 is 10.0 Å². The van der Waals surface area contributed by atoms with Gasteiger partial charge in [0.2, 0.25) is 10.0 Å². The van der Waals surface area contributed by atoms with E-state index in [0.717, 1.165) is 5.56 Å². The van der Waals surface area contributed by atoms with Gasteiger partial charge in [-0.3, -0.25) is 0 Å². The molecule has 0 aliphatic rings. The molecule has 0 aliphatic carbocycles. The van der Waals surface area contributed by atoms with Crippen LogP contribution >= 0.6 is 23.2 Å². The Morgan fingerprint density at radius 3 is 2.35 bits per heavy atom. The van der Waals surface area contributed by atoms with Crippen LogP contribution in [-0.4, -0.2) is 20.1 Å². The first-order valence-electron chi connectivity index (χ1n) is 5.31. The highest BCUT2D eigenvalue weighted by Gasteiger charge is 2.08. The smallest absolute Gasteiger partial charge is 0.211 e. The van der Waals surface area contributed by atoms with E-state index in [1.165, 1.54) is 0 Å². The second kappa shape index (κ2) is 7.21. The van der Waals surface area contributed by atoms with Crippen molar-refractivity contribution in [2.45, 2.75) is 19.4 Å². The van der Waals surface area contributed by atoms with Crippen molar-refractivity contribution in [3.63, 3.8) is 0 Å². The summed E-state index contributed by atoms with van der Waals surface area (Å²) in [4.78, 5) is 0. The summed E-state index contributed by atoms with van der Waals surface area (Å²) in [5, 5.41) is 0.638. The predicted octanol–water partition coefficient (Wildman–Crippen LogP) is 2.78. The minimum atomic E-state index is -3.20. The van der Waals surface area contributed by atoms with Crippen LogP contribution in [0.1, 0.15) is 18.4 Å². The number of benzene rings is 1. The van der Waals surface area contributed by atoms with Gasteiger partial charge in [-0.2, -0.15) is 0 Å². The van der Waals surface area contributed by atoms with Gasteiger partial charge in [-0.15, -0.1) is 11.6 Å². The Balaban J connectivity index is 2.41. The van der Waals surface area contributed by atoms with E-state index >= 15 is 0 Å². The lowest BCUT2D eigenvalue weighted by Gasteiger charge is -2.06. The van der Waals surface area contributed by atoms with E-state index in [2.05, 4.69) is 4.72 Å². The zero-order valence-electron chi connectivity index (χ0n) is 9.33. The lowest BCUT2D eigenvalue weighted by molar-refractivity contribution is 0.578. The highest BCUT2D eigenvalue weighted by molar-refractivity contribution is 7.89. The summed E-state index contributed by atoms with van der Waals surface area (Å²) >= 11 is 11.2. The van der Waals surface area contributed by atoms with Crippen molar-refractivity contribution in [3.05, 3.63) is 34.9 Å². The number of hydrogen-bond acceptors (Lipinski definition) is 2. The van der Waals surface area contributed by atoms with Crippen LogP contribution in [0.5, 0.6) is 0 Å². The third-order valence-corrected chi connectivity index (χ3v) is 4.14. The molecule has 0 atom stereocenters. The Morgan fingerprint density at radius 1 is 1.12 bits per heavy atom. The van der Waals surface area contributed by atoms with Crippen LogP contribution in [0.2, 0.25) is 5.02 Å². The first-order chi connectivity index (χ1) is 8.03. The molecule has 0 fully saturated rings. The van der Waals surface area contributed by atoms with Gasteiger partial charge in [-0.05, 0) is 30.5 Å². The van der Waals surface area contributed by atoms with Crippen molar-refractivity contribution in [3.8, 4) is 0 Å². The summed E-state index contributed by atoms with van der Waals surface area (Å²) in [6, 6.07) is 7.06. The third-order valence-electron chi connectivity index (χ3n) is 2.21. The molecule has 1 aromatic rings. The molecule has 0 amide bonds. The molecule has 1 rings (SSSR count). The van der Waals surface area contributed by atoms with Gasteiger partial charge in [-0.25, -0.2) is 13.1 Å². The topological polar surface area (TPSA) is 46.2 Å². The number of unbranched alkanes of at least 4 members (excludes halogenated alkanes) is 1. The van der Waals surface area contributed by atoms with E-state index in [1.54, 1.807) is 24.3 Å². The highest BCUT2D eigenvalue weighted by Crippen LogP contribution is 2.09. The van der Waals surface area contributed by atoms with Gasteiger partial charge in [0.25, 0.3) is 0 Å². The summed E-state index contributed by atoms with van der Waals surface area (Å²) in [6.07, 6.45) is 1.29. The van der Waals surface area contributed by atoms with Crippen molar-refractivity contribution in [1.29, 1.82) is 0 Å². The van der Waals surface area contributed by atoms with Gasteiger partial charge < -0.3 is 0 Å². The van der Waals surface area contributed by atoms with Gasteiger partial charge in [0.05, 0.1) is 5.75 Å². The van der Waals surface area contributed by atoms with Crippen LogP contribution in [0.3, 0.4) is 0 Å². The first-order valence-corrected chi connectivity index (χ1v) is 7.88. The maximum absolute atomic E-state index is 11.6. The summed E-state index contributed by atoms with van der Waals surface area (Å²) in [7, 11) is -3.20. The van der Waals surface area contributed by atoms with E-state index in [0.29, 0.717) is 30.3 Å². The minimum Gasteiger partial charge on any atom is -0.212 e. The molecule has 6 heteroatoms. The predicted molar refractivity (Wildman–Crippen MR) is 72.0 cm³/mol. The van der Waals surface area contributed by atoms with Gasteiger partial charge in [0.15, 0.2) is 0 Å². The van der Waals surface area contributed by atoms with Gasteiger partial charge in [0.1, 0.15) is 0 Å². The third kappa shape index (κ3) is 6.27. The van der Waals surface area contributed by atoms with Crippen molar-refractivity contribution in [2.75, 3.05) is 11.6 Å². The largest absolute Gasteiger partial charge is 0.212 e. The van der Waals surface area contributed by atoms with Crippen molar-refractivity contribution in [1.82, 2.24) is 4.72 Å². The second-order valence-electron chi connectivity index (χ2n) is 3.66. The van der Waals surface area contributed by atoms with Gasteiger partial charge in [-0.1, -0.05) is 23.7 Å². The Morgan fingerprint density at radius 2 is 1.76 bits per heavy atom. The number of rotatable bonds is 7. The van der Waals surface area contributed by atoms with Crippen LogP contribution in [0, 0.1) is 0 Å². The molecule has 17 heavy (non-hydrogen) atoms. The van der Waals surface area contributed by atoms with Crippen LogP contribution in [0.15, 0.2) is 24.3 Å². The molecule has 0 radical (unpaired) electrons. The fourth-order valence-corrected chi connectivity index (χ4v) is 2.68. The summed E-state index contributed by atoms with van der Waals surface area (Å²) in [6.45, 7) is 0.292. The van der Waals surface area contributed by atoms with Gasteiger partial charge >= 0.3 is 0 Å². The SMILES string of the molecule is O=S(=O)(CCCCCl)NCc1ccc(Cl)cc1. The Labute approximate surface area is 112 Å². The standard InChI is InChI=1S/C11H15Cl2NO2S/c12-7-1-2-8-17(15,16)14-9-10-3-5-11(13)6-4-10/h3-6,14H,1-2,7-9H2. The molecule has 0 aromatic heterocycles. The van der Waals surface area contributed by atoms with Crippen LogP contribution in [0.25, 0.3) is 0 Å². The van der Waals surface area contributed by atoms with Crippen molar-refractivity contribution >= 4 is 33.2 Å². The van der Waals surface area contributed by atoms with Gasteiger partial charge in [0, 0.05) is 17.4 Å². The van der Waals surface area contributed by atoms with E-state index in [1.807, 2.05) is 0 Å². The number of nitrogens with one attached hydrogen (secondary N) is 1. The molecular formula is C11H15Cl2NO2S. The molecule has 0 saturated heterocycles. The highest BCUT2D eigenvalue weighted by atomic mass is 35.5. The quantitative estimate of drug-likeness (QED) is 0.621. The average Bonchev–Trinajstić information content (AvgIpc) is 2.29. The molecular weight excluding hydrogens is 281 g/mol. The van der Waals surface area contributed by atoms with Crippen LogP contribution in [-0.2, 0) is 16.6 Å². The molecule has 3 nitrogen and oxygen atoms in total. The normalized spacial score (nSPS) is 11.6. The number of sulfonamides is 1. The maximum Gasteiger partial charge on any atom is 0.211 e. The molecule has 0 saturated carbocycles. The maximum atomic E-state index is 11.6. The molecule has 96 valence electrons. The van der Waals surface area contributed by atoms with E-state index in [4.69, 9.17) is 23.2 Å². The fraction of sp³-hybridized carbons (Fsp3) is 0.455. The van der Waals surface area contributed by atoms with Crippen LogP contribution in [0.4, 0.5) is 0 Å². The number of hydrogen-bond donors (Lipinski definition) is 1. The van der Waals surface area contributed by atoms with Crippen molar-refractivity contribution < 1.29 is 8.42 Å². The summed E-state index contributed by atoms with van der Waals surface area (Å²) in [5.74, 6) is 0.611. The van der Waals surface area contributed by atoms with E-state index in [9.17, 15) is 8.42 Å². The van der Waals surface area contributed by atoms with Crippen molar-refractivity contribution in [2.24, 2.45) is 0 Å². The molecule has 1 N–H and O–H groups in total. The first kappa shape index (κ1) is 14.8. The molecule has 0 spiro atoms. The Bertz CT molecular complexity index is 431. The van der Waals surface area contributed by atoms with Crippen LogP contribution < -0.4 is 4.72 Å². The molecule has 0 heterocycles. The summed E-state index contributed by atoms with van der Waals surface area (Å²) in [5.41, 5.74) is 0.885. The zero-order chi connectivity index (χ0) is 12.7. The fourth-order valence-electron chi connectivity index (χ4n) is 1.25. The minimum absolute atomic E-state index is 0.118. The lowest BCUT2D eigenvalue weighted by Crippen LogP contribution is -2.25. The zero-order valence-corrected chi connectivity index (χ0v) is 11.7. The molecule has 0 aliphatic heterocycles. The Hall–Kier alpha value is -0.290. The summed E-state index contributed by atoms with van der Waals surface area (Å²) < 4.78 is 25.7. The van der Waals surface area contributed by atoms with E-state index in [-0.39, 0.29) is 5.75 Å². The Kier molecular flexibility index (Phi) is 6.27. The number of alkyl halides is 1. The lowest BCUT2D eigenvalue weighted by atomic mass is 10.2.